The van der Waals surface area contributed by atoms with E-state index in [0.717, 1.165) is 29.8 Å². The Morgan fingerprint density at radius 1 is 1.16 bits per heavy atom. The summed E-state index contributed by atoms with van der Waals surface area (Å²) in [6, 6.07) is 9.88. The number of nitrogens with zero attached hydrogens (tertiary/aromatic N) is 1. The van der Waals surface area contributed by atoms with Gasteiger partial charge in [0.2, 0.25) is 0 Å². The number of hydrogen-bond acceptors (Lipinski definition) is 3. The molecule has 0 saturated carbocycles. The molecule has 3 rings (SSSR count). The first-order valence-corrected chi connectivity index (χ1v) is 7.95. The Labute approximate surface area is 144 Å². The predicted octanol–water partition coefficient (Wildman–Crippen LogP) is 3.49. The summed E-state index contributed by atoms with van der Waals surface area (Å²) in [5.41, 5.74) is 1.57. The van der Waals surface area contributed by atoms with E-state index in [1.807, 2.05) is 31.2 Å². The second kappa shape index (κ2) is 6.63. The molecule has 0 aromatic heterocycles. The van der Waals surface area contributed by atoms with Gasteiger partial charge in [-0.2, -0.15) is 0 Å². The van der Waals surface area contributed by atoms with Gasteiger partial charge in [-0.05, 0) is 44.0 Å². The van der Waals surface area contributed by atoms with E-state index in [4.69, 9.17) is 4.74 Å². The molecule has 2 aromatic carbocycles. The highest BCUT2D eigenvalue weighted by Gasteiger charge is 2.34. The van der Waals surface area contributed by atoms with Crippen LogP contribution in [0.1, 0.15) is 29.8 Å². The second-order valence-corrected chi connectivity index (χ2v) is 6.10. The van der Waals surface area contributed by atoms with E-state index in [1.165, 1.54) is 6.92 Å². The molecule has 4 nitrogen and oxygen atoms in total. The van der Waals surface area contributed by atoms with Gasteiger partial charge in [-0.15, -0.1) is 0 Å². The third-order valence-corrected chi connectivity index (χ3v) is 4.17. The number of amides is 1. The average molecular weight is 345 g/mol. The molecule has 0 unspecified atom stereocenters. The van der Waals surface area contributed by atoms with Crippen molar-refractivity contribution in [1.82, 2.24) is 0 Å². The van der Waals surface area contributed by atoms with Crippen molar-refractivity contribution in [3.8, 4) is 0 Å². The number of rotatable bonds is 3. The monoisotopic (exact) mass is 345 g/mol. The molecule has 1 heterocycles. The van der Waals surface area contributed by atoms with Crippen LogP contribution in [0.5, 0.6) is 0 Å². The van der Waals surface area contributed by atoms with Crippen LogP contribution in [-0.4, -0.2) is 24.0 Å². The topological polar surface area (TPSA) is 46.6 Å². The predicted molar refractivity (Wildman–Crippen MR) is 88.3 cm³/mol. The zero-order valence-electron chi connectivity index (χ0n) is 13.8. The number of carbonyl (C=O) groups is 2. The minimum atomic E-state index is -1.08. The number of halogens is 2. The first-order chi connectivity index (χ1) is 11.9. The summed E-state index contributed by atoms with van der Waals surface area (Å²) in [4.78, 5) is 26.4. The quantitative estimate of drug-likeness (QED) is 0.800. The fourth-order valence-electron chi connectivity index (χ4n) is 3.05. The SMILES string of the molecule is C[C@@H](OC(=O)c1cc(F)cc(F)c1)C(=O)N1c2ccccc2C[C@@H]1C. The first-order valence-electron chi connectivity index (χ1n) is 7.95. The van der Waals surface area contributed by atoms with Crippen LogP contribution in [0.15, 0.2) is 42.5 Å². The van der Waals surface area contributed by atoms with Crippen LogP contribution in [-0.2, 0) is 16.0 Å². The molecule has 25 heavy (non-hydrogen) atoms. The number of benzene rings is 2. The standard InChI is InChI=1S/C19H17F2NO3/c1-11-7-13-5-3-4-6-17(13)22(11)18(23)12(2)25-19(24)14-8-15(20)10-16(21)9-14/h3-6,8-12H,7H2,1-2H3/t11-,12+/m0/s1. The Morgan fingerprint density at radius 3 is 2.48 bits per heavy atom. The van der Waals surface area contributed by atoms with Gasteiger partial charge < -0.3 is 9.64 Å². The summed E-state index contributed by atoms with van der Waals surface area (Å²) in [6.45, 7) is 3.36. The van der Waals surface area contributed by atoms with Crippen molar-refractivity contribution in [2.24, 2.45) is 0 Å². The lowest BCUT2D eigenvalue weighted by Crippen LogP contribution is -2.43. The van der Waals surface area contributed by atoms with Crippen molar-refractivity contribution >= 4 is 17.6 Å². The van der Waals surface area contributed by atoms with E-state index >= 15 is 0 Å². The van der Waals surface area contributed by atoms with E-state index in [2.05, 4.69) is 0 Å². The summed E-state index contributed by atoms with van der Waals surface area (Å²) in [6.07, 6.45) is -0.357. The van der Waals surface area contributed by atoms with E-state index in [1.54, 1.807) is 4.90 Å². The summed E-state index contributed by atoms with van der Waals surface area (Å²) in [5, 5.41) is 0. The molecule has 2 atom stereocenters. The Hall–Kier alpha value is -2.76. The maximum absolute atomic E-state index is 13.2. The van der Waals surface area contributed by atoms with Crippen molar-refractivity contribution < 1.29 is 23.1 Å². The molecule has 1 aliphatic rings. The number of fused-ring (bicyclic) bond motifs is 1. The van der Waals surface area contributed by atoms with Gasteiger partial charge in [-0.3, -0.25) is 4.79 Å². The van der Waals surface area contributed by atoms with Crippen LogP contribution in [0, 0.1) is 11.6 Å². The Balaban J connectivity index is 1.76. The highest BCUT2D eigenvalue weighted by Crippen LogP contribution is 2.32. The number of carbonyl (C=O) groups excluding carboxylic acids is 2. The number of anilines is 1. The number of ether oxygens (including phenoxy) is 1. The fourth-order valence-corrected chi connectivity index (χ4v) is 3.05. The molecule has 0 fully saturated rings. The smallest absolute Gasteiger partial charge is 0.339 e. The fraction of sp³-hybridized carbons (Fsp3) is 0.263. The highest BCUT2D eigenvalue weighted by molar-refractivity contribution is 6.00. The largest absolute Gasteiger partial charge is 0.449 e. The van der Waals surface area contributed by atoms with E-state index in [9.17, 15) is 18.4 Å². The zero-order chi connectivity index (χ0) is 18.1. The normalized spacial score (nSPS) is 17.1. The van der Waals surface area contributed by atoms with Gasteiger partial charge in [-0.25, -0.2) is 13.6 Å². The summed E-state index contributed by atoms with van der Waals surface area (Å²) in [5.74, 6) is -3.08. The molecule has 0 spiro atoms. The molecular weight excluding hydrogens is 328 g/mol. The maximum Gasteiger partial charge on any atom is 0.339 e. The molecule has 1 aliphatic heterocycles. The molecule has 0 bridgehead atoms. The third-order valence-electron chi connectivity index (χ3n) is 4.17. The van der Waals surface area contributed by atoms with Crippen molar-refractivity contribution in [3.05, 3.63) is 65.2 Å². The van der Waals surface area contributed by atoms with E-state index in [-0.39, 0.29) is 17.5 Å². The van der Waals surface area contributed by atoms with Crippen molar-refractivity contribution in [2.45, 2.75) is 32.4 Å². The van der Waals surface area contributed by atoms with Crippen LogP contribution < -0.4 is 4.90 Å². The van der Waals surface area contributed by atoms with Crippen LogP contribution in [0.2, 0.25) is 0 Å². The third kappa shape index (κ3) is 3.38. The number of hydrogen-bond donors (Lipinski definition) is 0. The first kappa shape index (κ1) is 17.1. The van der Waals surface area contributed by atoms with Crippen molar-refractivity contribution in [3.63, 3.8) is 0 Å². The van der Waals surface area contributed by atoms with Gasteiger partial charge in [-0.1, -0.05) is 18.2 Å². The average Bonchev–Trinajstić information content (AvgIpc) is 2.88. The molecule has 0 aliphatic carbocycles. The maximum atomic E-state index is 13.2. The molecule has 130 valence electrons. The molecule has 1 amide bonds. The second-order valence-electron chi connectivity index (χ2n) is 6.10. The minimum Gasteiger partial charge on any atom is -0.449 e. The Kier molecular flexibility index (Phi) is 4.53. The molecule has 0 saturated heterocycles. The van der Waals surface area contributed by atoms with Gasteiger partial charge in [0.05, 0.1) is 5.56 Å². The van der Waals surface area contributed by atoms with Crippen LogP contribution in [0.25, 0.3) is 0 Å². The lowest BCUT2D eigenvalue weighted by molar-refractivity contribution is -0.126. The minimum absolute atomic E-state index is 0.0577. The molecule has 0 radical (unpaired) electrons. The van der Waals surface area contributed by atoms with Gasteiger partial charge in [0.1, 0.15) is 11.6 Å². The van der Waals surface area contributed by atoms with Gasteiger partial charge in [0, 0.05) is 17.8 Å². The van der Waals surface area contributed by atoms with E-state index < -0.39 is 23.7 Å². The molecule has 6 heteroatoms. The van der Waals surface area contributed by atoms with Crippen LogP contribution in [0.4, 0.5) is 14.5 Å². The number of esters is 1. The summed E-state index contributed by atoms with van der Waals surface area (Å²) >= 11 is 0. The molecule has 0 N–H and O–H groups in total. The van der Waals surface area contributed by atoms with E-state index in [0.29, 0.717) is 6.07 Å². The van der Waals surface area contributed by atoms with Gasteiger partial charge >= 0.3 is 5.97 Å². The number of para-hydroxylation sites is 1. The lowest BCUT2D eigenvalue weighted by Gasteiger charge is -2.25. The highest BCUT2D eigenvalue weighted by atomic mass is 19.1. The Bertz CT molecular complexity index is 817. The zero-order valence-corrected chi connectivity index (χ0v) is 13.8. The molecular formula is C19H17F2NO3. The van der Waals surface area contributed by atoms with Gasteiger partial charge in [0.15, 0.2) is 6.10 Å². The van der Waals surface area contributed by atoms with Crippen LogP contribution in [0.3, 0.4) is 0 Å². The lowest BCUT2D eigenvalue weighted by atomic mass is 10.1. The Morgan fingerprint density at radius 2 is 1.80 bits per heavy atom. The van der Waals surface area contributed by atoms with Gasteiger partial charge in [0.25, 0.3) is 5.91 Å². The van der Waals surface area contributed by atoms with Crippen LogP contribution >= 0.6 is 0 Å². The molecule has 2 aromatic rings. The summed E-state index contributed by atoms with van der Waals surface area (Å²) < 4.78 is 31.6. The van der Waals surface area contributed by atoms with Crippen molar-refractivity contribution in [1.29, 1.82) is 0 Å². The summed E-state index contributed by atoms with van der Waals surface area (Å²) in [7, 11) is 0. The van der Waals surface area contributed by atoms with Crippen molar-refractivity contribution in [2.75, 3.05) is 4.90 Å².